The molecule has 7 nitrogen and oxygen atoms in total. The van der Waals surface area contributed by atoms with Crippen LogP contribution in [0.25, 0.3) is 0 Å². The predicted octanol–water partition coefficient (Wildman–Crippen LogP) is 0.360. The summed E-state index contributed by atoms with van der Waals surface area (Å²) in [5, 5.41) is 4.96. The van der Waals surface area contributed by atoms with Gasteiger partial charge in [0, 0.05) is 19.9 Å². The number of rotatable bonds is 4. The Morgan fingerprint density at radius 3 is 2.94 bits per heavy atom. The molecule has 0 aliphatic carbocycles. The topological polar surface area (TPSA) is 102 Å². The van der Waals surface area contributed by atoms with Gasteiger partial charge in [0.25, 0.3) is 0 Å². The Hall–Kier alpha value is -2.15. The van der Waals surface area contributed by atoms with Gasteiger partial charge in [-0.1, -0.05) is 6.07 Å². The molecule has 2 amide bonds. The Morgan fingerprint density at radius 2 is 2.39 bits per heavy atom. The second-order valence-electron chi connectivity index (χ2n) is 3.30. The highest BCUT2D eigenvalue weighted by molar-refractivity contribution is 5.95. The first kappa shape index (κ1) is 13.9. The van der Waals surface area contributed by atoms with Crippen LogP contribution < -0.4 is 16.4 Å². The number of nitrogens with two attached hydrogens (primary N) is 1. The maximum Gasteiger partial charge on any atom is 0.323 e. The van der Waals surface area contributed by atoms with Gasteiger partial charge in [-0.3, -0.25) is 15.3 Å². The van der Waals surface area contributed by atoms with Crippen LogP contribution in [0.1, 0.15) is 18.8 Å². The smallest absolute Gasteiger partial charge is 0.323 e. The van der Waals surface area contributed by atoms with E-state index in [0.29, 0.717) is 12.3 Å². The van der Waals surface area contributed by atoms with Crippen LogP contribution in [0.15, 0.2) is 29.4 Å². The summed E-state index contributed by atoms with van der Waals surface area (Å²) in [6.45, 7) is 2.27. The number of guanidine groups is 1. The number of nitrogens with zero attached hydrogens (tertiary/aromatic N) is 2. The quantitative estimate of drug-likeness (QED) is 0.408. The van der Waals surface area contributed by atoms with E-state index in [2.05, 4.69) is 20.6 Å². The monoisotopic (exact) mass is 251 g/mol. The van der Waals surface area contributed by atoms with Crippen LogP contribution in [0.2, 0.25) is 0 Å². The standard InChI is InChI=1S/C11H17N5O2/c1-3-18-9(8-6-4-5-7-14-8)15-11(17)16-10(12)13-2/h4-7,9H,3H2,1-2H3,(H4,12,13,15,16,17). The number of ether oxygens (including phenoxy) is 1. The number of nitrogens with one attached hydrogen (secondary N) is 2. The van der Waals surface area contributed by atoms with Crippen molar-refractivity contribution >= 4 is 12.0 Å². The Labute approximate surface area is 105 Å². The molecule has 0 aliphatic heterocycles. The van der Waals surface area contributed by atoms with Gasteiger partial charge in [-0.25, -0.2) is 4.79 Å². The molecule has 0 aliphatic rings. The van der Waals surface area contributed by atoms with Crippen molar-refractivity contribution in [3.63, 3.8) is 0 Å². The highest BCUT2D eigenvalue weighted by Gasteiger charge is 2.15. The molecule has 1 unspecified atom stereocenters. The fraction of sp³-hybridized carbons (Fsp3) is 0.364. The minimum Gasteiger partial charge on any atom is -0.370 e. The van der Waals surface area contributed by atoms with Crippen LogP contribution in [0.5, 0.6) is 0 Å². The van der Waals surface area contributed by atoms with Gasteiger partial charge in [0.2, 0.25) is 0 Å². The third-order valence-corrected chi connectivity index (χ3v) is 2.03. The highest BCUT2D eigenvalue weighted by Crippen LogP contribution is 2.10. The van der Waals surface area contributed by atoms with Crippen LogP contribution in [-0.2, 0) is 4.74 Å². The van der Waals surface area contributed by atoms with E-state index in [-0.39, 0.29) is 5.96 Å². The summed E-state index contributed by atoms with van der Waals surface area (Å²) >= 11 is 0. The van der Waals surface area contributed by atoms with E-state index in [4.69, 9.17) is 10.5 Å². The van der Waals surface area contributed by atoms with Crippen LogP contribution in [0, 0.1) is 0 Å². The molecule has 1 rings (SSSR count). The molecule has 4 N–H and O–H groups in total. The summed E-state index contributed by atoms with van der Waals surface area (Å²) in [6.07, 6.45) is 1.00. The fourth-order valence-electron chi connectivity index (χ4n) is 1.23. The molecule has 0 bridgehead atoms. The Kier molecular flexibility index (Phi) is 5.59. The zero-order valence-electron chi connectivity index (χ0n) is 10.4. The molecule has 1 aromatic heterocycles. The number of aromatic nitrogens is 1. The van der Waals surface area contributed by atoms with Crippen molar-refractivity contribution in [3.8, 4) is 0 Å². The molecule has 1 heterocycles. The average Bonchev–Trinajstić information content (AvgIpc) is 2.39. The summed E-state index contributed by atoms with van der Waals surface area (Å²) in [5.74, 6) is 0.0313. The van der Waals surface area contributed by atoms with Gasteiger partial charge in [-0.05, 0) is 19.1 Å². The average molecular weight is 251 g/mol. The van der Waals surface area contributed by atoms with Gasteiger partial charge in [0.15, 0.2) is 12.2 Å². The van der Waals surface area contributed by atoms with Crippen molar-refractivity contribution in [3.05, 3.63) is 30.1 Å². The number of carbonyl (C=O) groups excluding carboxylic acids is 1. The first-order valence-corrected chi connectivity index (χ1v) is 5.49. The molecular weight excluding hydrogens is 234 g/mol. The SMILES string of the molecule is CCOC(NC(=O)NC(N)=NC)c1ccccn1. The third kappa shape index (κ3) is 4.38. The summed E-state index contributed by atoms with van der Waals surface area (Å²) in [5.41, 5.74) is 6.00. The first-order valence-electron chi connectivity index (χ1n) is 5.49. The largest absolute Gasteiger partial charge is 0.370 e. The van der Waals surface area contributed by atoms with Gasteiger partial charge in [0.1, 0.15) is 0 Å². The number of urea groups is 1. The minimum atomic E-state index is -0.624. The first-order chi connectivity index (χ1) is 8.67. The normalized spacial score (nSPS) is 12.9. The van der Waals surface area contributed by atoms with E-state index in [1.807, 2.05) is 13.0 Å². The predicted molar refractivity (Wildman–Crippen MR) is 67.8 cm³/mol. The Morgan fingerprint density at radius 1 is 1.61 bits per heavy atom. The lowest BCUT2D eigenvalue weighted by molar-refractivity contribution is 0.0425. The molecule has 1 atom stereocenters. The zero-order chi connectivity index (χ0) is 13.4. The zero-order valence-corrected chi connectivity index (χ0v) is 10.4. The molecule has 0 fully saturated rings. The second-order valence-corrected chi connectivity index (χ2v) is 3.30. The molecule has 0 radical (unpaired) electrons. The summed E-state index contributed by atoms with van der Waals surface area (Å²) in [4.78, 5) is 19.3. The summed E-state index contributed by atoms with van der Waals surface area (Å²) < 4.78 is 5.40. The molecule has 98 valence electrons. The van der Waals surface area contributed by atoms with E-state index in [9.17, 15) is 4.79 Å². The maximum atomic E-state index is 11.6. The van der Waals surface area contributed by atoms with E-state index in [0.717, 1.165) is 0 Å². The van der Waals surface area contributed by atoms with E-state index in [1.54, 1.807) is 18.3 Å². The van der Waals surface area contributed by atoms with Crippen molar-refractivity contribution < 1.29 is 9.53 Å². The maximum absolute atomic E-state index is 11.6. The lowest BCUT2D eigenvalue weighted by Crippen LogP contribution is -2.45. The number of amides is 2. The van der Waals surface area contributed by atoms with Crippen molar-refractivity contribution in [2.75, 3.05) is 13.7 Å². The number of carbonyl (C=O) groups is 1. The second kappa shape index (κ2) is 7.23. The molecule has 18 heavy (non-hydrogen) atoms. The van der Waals surface area contributed by atoms with E-state index < -0.39 is 12.3 Å². The molecule has 1 aromatic rings. The summed E-state index contributed by atoms with van der Waals surface area (Å²) in [7, 11) is 1.48. The Balaban J connectivity index is 2.67. The van der Waals surface area contributed by atoms with Crippen LogP contribution in [-0.4, -0.2) is 30.6 Å². The van der Waals surface area contributed by atoms with E-state index >= 15 is 0 Å². The minimum absolute atomic E-state index is 0.0313. The van der Waals surface area contributed by atoms with Gasteiger partial charge in [-0.2, -0.15) is 0 Å². The lowest BCUT2D eigenvalue weighted by atomic mass is 10.3. The Bertz CT molecular complexity index is 407. The highest BCUT2D eigenvalue weighted by atomic mass is 16.5. The fourth-order valence-corrected chi connectivity index (χ4v) is 1.23. The van der Waals surface area contributed by atoms with Crippen LogP contribution in [0.4, 0.5) is 4.79 Å². The molecule has 0 aromatic carbocycles. The number of aliphatic imine (C=N–C) groups is 1. The number of hydrogen-bond acceptors (Lipinski definition) is 4. The van der Waals surface area contributed by atoms with Crippen LogP contribution >= 0.6 is 0 Å². The third-order valence-electron chi connectivity index (χ3n) is 2.03. The molecular formula is C11H17N5O2. The van der Waals surface area contributed by atoms with E-state index in [1.165, 1.54) is 7.05 Å². The van der Waals surface area contributed by atoms with Gasteiger partial charge >= 0.3 is 6.03 Å². The molecule has 0 saturated carbocycles. The molecule has 0 saturated heterocycles. The van der Waals surface area contributed by atoms with Crippen molar-refractivity contribution in [2.45, 2.75) is 13.2 Å². The van der Waals surface area contributed by atoms with Crippen molar-refractivity contribution in [1.82, 2.24) is 15.6 Å². The van der Waals surface area contributed by atoms with Gasteiger partial charge in [-0.15, -0.1) is 0 Å². The summed E-state index contributed by atoms with van der Waals surface area (Å²) in [6, 6.07) is 4.87. The van der Waals surface area contributed by atoms with Crippen LogP contribution in [0.3, 0.4) is 0 Å². The number of pyridine rings is 1. The van der Waals surface area contributed by atoms with Crippen molar-refractivity contribution in [1.29, 1.82) is 0 Å². The van der Waals surface area contributed by atoms with Gasteiger partial charge in [0.05, 0.1) is 5.69 Å². The molecule has 0 spiro atoms. The lowest BCUT2D eigenvalue weighted by Gasteiger charge is -2.18. The van der Waals surface area contributed by atoms with Gasteiger partial charge < -0.3 is 15.8 Å². The number of hydrogen-bond donors (Lipinski definition) is 3. The van der Waals surface area contributed by atoms with Crippen molar-refractivity contribution in [2.24, 2.45) is 10.7 Å². The molecule has 7 heteroatoms.